The molecule has 102 valence electrons. The average molecular weight is 280 g/mol. The van der Waals surface area contributed by atoms with E-state index in [4.69, 9.17) is 16.8 Å². The highest BCUT2D eigenvalue weighted by atomic mass is 19.4. The largest absolute Gasteiger partial charge is 0.500 e. The van der Waals surface area contributed by atoms with Gasteiger partial charge in [-0.15, -0.1) is 6.42 Å². The first-order valence-electron chi connectivity index (χ1n) is 5.08. The van der Waals surface area contributed by atoms with Gasteiger partial charge in [0.15, 0.2) is 11.3 Å². The number of nitrogens with zero attached hydrogens (tertiary/aromatic N) is 1. The van der Waals surface area contributed by atoms with E-state index in [1.165, 1.54) is 6.07 Å². The molecular weight excluding hydrogens is 273 g/mol. The molecule has 1 amide bonds. The van der Waals surface area contributed by atoms with Crippen LogP contribution in [0.5, 0.6) is 0 Å². The van der Waals surface area contributed by atoms with Crippen LogP contribution in [0.2, 0.25) is 0 Å². The predicted molar refractivity (Wildman–Crippen MR) is 64.2 cm³/mol. The number of anilines is 1. The molecule has 0 aromatic heterocycles. The molecule has 4 nitrogen and oxygen atoms in total. The van der Waals surface area contributed by atoms with E-state index in [9.17, 15) is 18.0 Å². The van der Waals surface area contributed by atoms with Crippen LogP contribution in [-0.4, -0.2) is 11.0 Å². The van der Waals surface area contributed by atoms with E-state index in [-0.39, 0.29) is 5.69 Å². The maximum absolute atomic E-state index is 12.3. The van der Waals surface area contributed by atoms with Crippen molar-refractivity contribution in [3.63, 3.8) is 0 Å². The van der Waals surface area contributed by atoms with Crippen molar-refractivity contribution in [3.8, 4) is 18.4 Å². The molecule has 0 unspecified atom stereocenters. The molecule has 0 aliphatic heterocycles. The van der Waals surface area contributed by atoms with Gasteiger partial charge >= 0.3 is 6.18 Å². The van der Waals surface area contributed by atoms with Gasteiger partial charge < -0.3 is 10.4 Å². The summed E-state index contributed by atoms with van der Waals surface area (Å²) in [5.74, 6) is -0.147. The molecule has 0 atom stereocenters. The Balaban J connectivity index is 2.94. The Labute approximate surface area is 112 Å². The smallest absolute Gasteiger partial charge is 0.416 e. The fraction of sp³-hybridized carbons (Fsp3) is 0.0769. The first-order valence-corrected chi connectivity index (χ1v) is 5.08. The zero-order valence-corrected chi connectivity index (χ0v) is 9.82. The van der Waals surface area contributed by atoms with E-state index >= 15 is 0 Å². The van der Waals surface area contributed by atoms with Gasteiger partial charge in [0.05, 0.1) is 5.56 Å². The molecule has 0 aliphatic carbocycles. The topological polar surface area (TPSA) is 73.1 Å². The maximum atomic E-state index is 12.3. The lowest BCUT2D eigenvalue weighted by Gasteiger charge is -2.08. The van der Waals surface area contributed by atoms with E-state index in [1.54, 1.807) is 5.92 Å². The lowest BCUT2D eigenvalue weighted by atomic mass is 10.2. The number of rotatable bonds is 2. The van der Waals surface area contributed by atoms with Gasteiger partial charge in [-0.3, -0.25) is 4.79 Å². The van der Waals surface area contributed by atoms with Gasteiger partial charge in [0.25, 0.3) is 5.91 Å². The molecule has 1 aromatic carbocycles. The van der Waals surface area contributed by atoms with Crippen molar-refractivity contribution in [2.75, 3.05) is 5.32 Å². The summed E-state index contributed by atoms with van der Waals surface area (Å²) in [5.41, 5.74) is -1.55. The van der Waals surface area contributed by atoms with Crippen molar-refractivity contribution in [1.29, 1.82) is 5.26 Å². The second-order valence-electron chi connectivity index (χ2n) is 3.51. The number of aliphatic hydroxyl groups is 1. The summed E-state index contributed by atoms with van der Waals surface area (Å²) < 4.78 is 37.0. The second-order valence-corrected chi connectivity index (χ2v) is 3.51. The minimum atomic E-state index is -4.48. The van der Waals surface area contributed by atoms with Crippen LogP contribution in [0.1, 0.15) is 5.56 Å². The van der Waals surface area contributed by atoms with Gasteiger partial charge in [-0.2, -0.15) is 18.4 Å². The Bertz CT molecular complexity index is 632. The van der Waals surface area contributed by atoms with Gasteiger partial charge in [0.1, 0.15) is 6.07 Å². The monoisotopic (exact) mass is 280 g/mol. The number of nitrogens with one attached hydrogen (secondary N) is 1. The molecule has 20 heavy (non-hydrogen) atoms. The molecule has 0 saturated carbocycles. The Kier molecular flexibility index (Phi) is 4.39. The second kappa shape index (κ2) is 5.81. The number of aliphatic hydroxyl groups excluding tert-OH is 1. The average Bonchev–Trinajstić information content (AvgIpc) is 2.38. The quantitative estimate of drug-likeness (QED) is 0.378. The van der Waals surface area contributed by atoms with Crippen LogP contribution in [0.3, 0.4) is 0 Å². The SMILES string of the molecule is C#CC(O)=C(C#N)C(=O)Nc1ccc(C(F)(F)F)cc1. The number of carbonyl (C=O) groups excluding carboxylic acids is 1. The fourth-order valence-corrected chi connectivity index (χ4v) is 1.22. The van der Waals surface area contributed by atoms with Gasteiger partial charge in [-0.1, -0.05) is 0 Å². The highest BCUT2D eigenvalue weighted by Gasteiger charge is 2.30. The third-order valence-electron chi connectivity index (χ3n) is 2.18. The Morgan fingerprint density at radius 3 is 2.25 bits per heavy atom. The summed E-state index contributed by atoms with van der Waals surface area (Å²) in [5, 5.41) is 19.9. The van der Waals surface area contributed by atoms with E-state index in [1.807, 2.05) is 0 Å². The van der Waals surface area contributed by atoms with Gasteiger partial charge in [0, 0.05) is 5.69 Å². The summed E-state index contributed by atoms with van der Waals surface area (Å²) in [6, 6.07) is 4.98. The predicted octanol–water partition coefficient (Wildman–Crippen LogP) is 2.61. The van der Waals surface area contributed by atoms with E-state index in [0.29, 0.717) is 0 Å². The van der Waals surface area contributed by atoms with Crippen molar-refractivity contribution in [2.24, 2.45) is 0 Å². The minimum Gasteiger partial charge on any atom is -0.500 e. The summed E-state index contributed by atoms with van der Waals surface area (Å²) >= 11 is 0. The van der Waals surface area contributed by atoms with Crippen molar-refractivity contribution in [3.05, 3.63) is 41.2 Å². The molecular formula is C13H7F3N2O2. The van der Waals surface area contributed by atoms with Crippen LogP contribution in [-0.2, 0) is 11.0 Å². The maximum Gasteiger partial charge on any atom is 0.416 e. The number of hydrogen-bond donors (Lipinski definition) is 2. The normalized spacial score (nSPS) is 11.8. The number of hydrogen-bond acceptors (Lipinski definition) is 3. The zero-order valence-electron chi connectivity index (χ0n) is 9.82. The minimum absolute atomic E-state index is 0.0283. The molecule has 0 aliphatic rings. The van der Waals surface area contributed by atoms with Gasteiger partial charge in [0.2, 0.25) is 0 Å². The number of benzene rings is 1. The summed E-state index contributed by atoms with van der Waals surface area (Å²) in [6.07, 6.45) is 0.349. The van der Waals surface area contributed by atoms with E-state index < -0.39 is 29.0 Å². The highest BCUT2D eigenvalue weighted by molar-refractivity contribution is 6.07. The Morgan fingerprint density at radius 1 is 1.30 bits per heavy atom. The molecule has 1 aromatic rings. The zero-order chi connectivity index (χ0) is 15.3. The molecule has 7 heteroatoms. The molecule has 0 bridgehead atoms. The third kappa shape index (κ3) is 3.53. The Hall–Kier alpha value is -2.93. The molecule has 2 N–H and O–H groups in total. The molecule has 0 heterocycles. The van der Waals surface area contributed by atoms with Gasteiger partial charge in [-0.05, 0) is 30.2 Å². The van der Waals surface area contributed by atoms with E-state index in [2.05, 4.69) is 5.32 Å². The standard InChI is InChI=1S/C13H7F3N2O2/c1-2-11(19)10(7-17)12(20)18-9-5-3-8(4-6-9)13(14,15)16/h1,3-6,19H,(H,18,20). The van der Waals surface area contributed by atoms with Crippen molar-refractivity contribution < 1.29 is 23.1 Å². The molecule has 1 rings (SSSR count). The molecule has 0 spiro atoms. The fourth-order valence-electron chi connectivity index (χ4n) is 1.22. The van der Waals surface area contributed by atoms with Crippen LogP contribution in [0.15, 0.2) is 35.6 Å². The first kappa shape index (κ1) is 15.1. The lowest BCUT2D eigenvalue weighted by molar-refractivity contribution is -0.137. The molecule has 0 fully saturated rings. The van der Waals surface area contributed by atoms with Crippen molar-refractivity contribution in [1.82, 2.24) is 0 Å². The number of halogens is 3. The summed E-state index contributed by atoms with van der Waals surface area (Å²) in [4.78, 5) is 11.6. The summed E-state index contributed by atoms with van der Waals surface area (Å²) in [7, 11) is 0. The number of terminal acetylenes is 1. The van der Waals surface area contributed by atoms with Crippen LogP contribution in [0, 0.1) is 23.7 Å². The number of allylic oxidation sites excluding steroid dienone is 1. The van der Waals surface area contributed by atoms with Crippen LogP contribution in [0.4, 0.5) is 18.9 Å². The number of carbonyl (C=O) groups is 1. The Morgan fingerprint density at radius 2 is 1.85 bits per heavy atom. The molecule has 0 saturated heterocycles. The lowest BCUT2D eigenvalue weighted by Crippen LogP contribution is -2.15. The third-order valence-corrected chi connectivity index (χ3v) is 2.18. The van der Waals surface area contributed by atoms with E-state index in [0.717, 1.165) is 24.3 Å². The number of amides is 1. The van der Waals surface area contributed by atoms with Crippen molar-refractivity contribution >= 4 is 11.6 Å². The first-order chi connectivity index (χ1) is 9.29. The van der Waals surface area contributed by atoms with Gasteiger partial charge in [-0.25, -0.2) is 0 Å². The number of nitriles is 1. The van der Waals surface area contributed by atoms with Crippen molar-refractivity contribution in [2.45, 2.75) is 6.18 Å². The van der Waals surface area contributed by atoms with Crippen LogP contribution >= 0.6 is 0 Å². The molecule has 0 radical (unpaired) electrons. The van der Waals surface area contributed by atoms with Crippen LogP contribution in [0.25, 0.3) is 0 Å². The van der Waals surface area contributed by atoms with Crippen LogP contribution < -0.4 is 5.32 Å². The highest BCUT2D eigenvalue weighted by Crippen LogP contribution is 2.29. The summed E-state index contributed by atoms with van der Waals surface area (Å²) in [6.45, 7) is 0. The number of alkyl halides is 3.